The van der Waals surface area contributed by atoms with Gasteiger partial charge in [-0.05, 0) is 42.3 Å². The van der Waals surface area contributed by atoms with Crippen LogP contribution in [0.5, 0.6) is 11.5 Å². The third-order valence-corrected chi connectivity index (χ3v) is 4.92. The second-order valence-corrected chi connectivity index (χ2v) is 7.21. The van der Waals surface area contributed by atoms with Gasteiger partial charge in [-0.2, -0.15) is 10.5 Å². The fraction of sp³-hybridized carbons (Fsp3) is 0.120. The van der Waals surface area contributed by atoms with E-state index in [1.165, 1.54) is 18.2 Å². The Morgan fingerprint density at radius 2 is 1.91 bits per heavy atom. The van der Waals surface area contributed by atoms with Gasteiger partial charge in [0.2, 0.25) is 0 Å². The molecule has 3 aromatic rings. The Morgan fingerprint density at radius 1 is 1.12 bits per heavy atom. The van der Waals surface area contributed by atoms with Gasteiger partial charge in [-0.15, -0.1) is 0 Å². The van der Waals surface area contributed by atoms with Crippen LogP contribution in [0.1, 0.15) is 29.2 Å². The molecule has 33 heavy (non-hydrogen) atoms. The lowest BCUT2D eigenvalue weighted by Gasteiger charge is -2.15. The number of hydrogen-bond donors (Lipinski definition) is 0. The lowest BCUT2D eigenvalue weighted by Crippen LogP contribution is -2.02. The maximum atomic E-state index is 11.1. The van der Waals surface area contributed by atoms with Crippen LogP contribution in [0.2, 0.25) is 5.02 Å². The number of hydrogen-bond acceptors (Lipinski definition) is 6. The van der Waals surface area contributed by atoms with Crippen LogP contribution < -0.4 is 9.47 Å². The van der Waals surface area contributed by atoms with Crippen molar-refractivity contribution in [1.82, 2.24) is 0 Å². The monoisotopic (exact) mass is 459 g/mol. The van der Waals surface area contributed by atoms with E-state index in [1.807, 2.05) is 13.0 Å². The normalized spacial score (nSPS) is 10.7. The highest BCUT2D eigenvalue weighted by molar-refractivity contribution is 6.32. The predicted molar refractivity (Wildman–Crippen MR) is 125 cm³/mol. The zero-order valence-electron chi connectivity index (χ0n) is 17.6. The van der Waals surface area contributed by atoms with Gasteiger partial charge in [-0.25, -0.2) is 0 Å². The predicted octanol–water partition coefficient (Wildman–Crippen LogP) is 6.16. The van der Waals surface area contributed by atoms with Gasteiger partial charge >= 0.3 is 0 Å². The van der Waals surface area contributed by atoms with Crippen LogP contribution >= 0.6 is 11.6 Å². The Hall–Kier alpha value is -4.33. The summed E-state index contributed by atoms with van der Waals surface area (Å²) in [5, 5.41) is 30.2. The van der Waals surface area contributed by atoms with Crippen molar-refractivity contribution >= 4 is 28.9 Å². The Labute approximate surface area is 195 Å². The Bertz CT molecular complexity index is 1310. The second kappa shape index (κ2) is 10.8. The fourth-order valence-corrected chi connectivity index (χ4v) is 3.39. The largest absolute Gasteiger partial charge is 0.490 e. The van der Waals surface area contributed by atoms with Crippen molar-refractivity contribution in [2.45, 2.75) is 13.5 Å². The Morgan fingerprint density at radius 3 is 2.61 bits per heavy atom. The molecule has 0 aromatic heterocycles. The molecular weight excluding hydrogens is 442 g/mol. The molecule has 0 fully saturated rings. The fourth-order valence-electron chi connectivity index (χ4n) is 3.11. The van der Waals surface area contributed by atoms with Crippen LogP contribution in [0.4, 0.5) is 5.69 Å². The van der Waals surface area contributed by atoms with Crippen LogP contribution in [-0.4, -0.2) is 11.5 Å². The molecule has 0 spiro atoms. The second-order valence-electron chi connectivity index (χ2n) is 6.80. The smallest absolute Gasteiger partial charge is 0.270 e. The van der Waals surface area contributed by atoms with Crippen molar-refractivity contribution in [3.63, 3.8) is 0 Å². The van der Waals surface area contributed by atoms with E-state index in [0.29, 0.717) is 40.4 Å². The van der Waals surface area contributed by atoms with Crippen LogP contribution in [0.15, 0.2) is 60.7 Å². The molecule has 0 saturated carbocycles. The van der Waals surface area contributed by atoms with Crippen molar-refractivity contribution in [3.05, 3.63) is 98.1 Å². The summed E-state index contributed by atoms with van der Waals surface area (Å²) in [6, 6.07) is 20.4. The molecule has 7 nitrogen and oxygen atoms in total. The molecule has 8 heteroatoms. The van der Waals surface area contributed by atoms with Gasteiger partial charge in [-0.1, -0.05) is 41.9 Å². The molecule has 3 rings (SSSR count). The number of non-ortho nitro benzene ring substituents is 1. The number of nitro benzene ring substituents is 1. The van der Waals surface area contributed by atoms with E-state index in [9.17, 15) is 20.6 Å². The van der Waals surface area contributed by atoms with Crippen molar-refractivity contribution in [1.29, 1.82) is 10.5 Å². The molecule has 0 aliphatic heterocycles. The number of rotatable bonds is 8. The standard InChI is InChI=1S/C25H18ClN3O4/c1-2-32-24-12-17(10-21(15-28)18-8-5-9-22(13-18)29(30)31)11-23(26)25(24)33-16-20-7-4-3-6-19(20)14-27/h3-13H,2,16H2,1H3. The van der Waals surface area contributed by atoms with E-state index in [1.54, 1.807) is 42.5 Å². The highest BCUT2D eigenvalue weighted by atomic mass is 35.5. The number of nitriles is 2. The average Bonchev–Trinajstić information content (AvgIpc) is 2.82. The summed E-state index contributed by atoms with van der Waals surface area (Å²) in [5.41, 5.74) is 2.31. The van der Waals surface area contributed by atoms with Crippen molar-refractivity contribution in [2.24, 2.45) is 0 Å². The maximum absolute atomic E-state index is 11.1. The molecule has 0 aliphatic carbocycles. The van der Waals surface area contributed by atoms with E-state index in [-0.39, 0.29) is 22.9 Å². The highest BCUT2D eigenvalue weighted by Crippen LogP contribution is 2.38. The number of ether oxygens (including phenoxy) is 2. The summed E-state index contributed by atoms with van der Waals surface area (Å²) < 4.78 is 11.6. The van der Waals surface area contributed by atoms with Crippen molar-refractivity contribution in [2.75, 3.05) is 6.61 Å². The maximum Gasteiger partial charge on any atom is 0.270 e. The third-order valence-electron chi connectivity index (χ3n) is 4.64. The summed E-state index contributed by atoms with van der Waals surface area (Å²) in [6.07, 6.45) is 1.57. The first-order valence-corrected chi connectivity index (χ1v) is 10.3. The van der Waals surface area contributed by atoms with E-state index in [4.69, 9.17) is 21.1 Å². The van der Waals surface area contributed by atoms with E-state index in [0.717, 1.165) is 0 Å². The quantitative estimate of drug-likeness (QED) is 0.172. The zero-order chi connectivity index (χ0) is 23.8. The number of benzene rings is 3. The molecule has 0 aliphatic rings. The topological polar surface area (TPSA) is 109 Å². The lowest BCUT2D eigenvalue weighted by molar-refractivity contribution is -0.384. The summed E-state index contributed by atoms with van der Waals surface area (Å²) in [5.74, 6) is 0.694. The molecule has 0 radical (unpaired) electrons. The molecule has 0 bridgehead atoms. The summed E-state index contributed by atoms with van der Waals surface area (Å²) in [7, 11) is 0. The molecular formula is C25H18ClN3O4. The van der Waals surface area contributed by atoms with Gasteiger partial charge in [0.05, 0.1) is 39.8 Å². The van der Waals surface area contributed by atoms with E-state index in [2.05, 4.69) is 12.1 Å². The molecule has 0 saturated heterocycles. The minimum atomic E-state index is -0.515. The third kappa shape index (κ3) is 5.68. The SMILES string of the molecule is CCOc1cc(C=C(C#N)c2cccc([N+](=O)[O-])c2)cc(Cl)c1OCc1ccccc1C#N. The van der Waals surface area contributed by atoms with E-state index >= 15 is 0 Å². The molecule has 0 unspecified atom stereocenters. The van der Waals surface area contributed by atoms with E-state index < -0.39 is 4.92 Å². The minimum absolute atomic E-state index is 0.108. The molecule has 164 valence electrons. The number of allylic oxidation sites excluding steroid dienone is 1. The average molecular weight is 460 g/mol. The highest BCUT2D eigenvalue weighted by Gasteiger charge is 2.15. The molecule has 0 amide bonds. The Kier molecular flexibility index (Phi) is 7.64. The van der Waals surface area contributed by atoms with Gasteiger partial charge in [0, 0.05) is 17.7 Å². The molecule has 0 N–H and O–H groups in total. The summed E-state index contributed by atoms with van der Waals surface area (Å²) in [4.78, 5) is 10.5. The van der Waals surface area contributed by atoms with Gasteiger partial charge in [0.1, 0.15) is 6.61 Å². The van der Waals surface area contributed by atoms with Crippen LogP contribution in [-0.2, 0) is 6.61 Å². The van der Waals surface area contributed by atoms with Crippen molar-refractivity contribution < 1.29 is 14.4 Å². The van der Waals surface area contributed by atoms with Crippen LogP contribution in [0.3, 0.4) is 0 Å². The molecule has 0 heterocycles. The first-order chi connectivity index (χ1) is 16.0. The van der Waals surface area contributed by atoms with Gasteiger partial charge in [-0.3, -0.25) is 10.1 Å². The van der Waals surface area contributed by atoms with Crippen molar-refractivity contribution in [3.8, 4) is 23.6 Å². The first kappa shape index (κ1) is 23.3. The number of nitro groups is 1. The molecule has 3 aromatic carbocycles. The van der Waals surface area contributed by atoms with Crippen LogP contribution in [0, 0.1) is 32.8 Å². The van der Waals surface area contributed by atoms with Gasteiger partial charge in [0.25, 0.3) is 5.69 Å². The summed E-state index contributed by atoms with van der Waals surface area (Å²) >= 11 is 6.48. The zero-order valence-corrected chi connectivity index (χ0v) is 18.4. The van der Waals surface area contributed by atoms with Gasteiger partial charge < -0.3 is 9.47 Å². The van der Waals surface area contributed by atoms with Crippen LogP contribution in [0.25, 0.3) is 11.6 Å². The number of halogens is 1. The minimum Gasteiger partial charge on any atom is -0.490 e. The first-order valence-electron chi connectivity index (χ1n) is 9.90. The summed E-state index contributed by atoms with van der Waals surface area (Å²) in [6.45, 7) is 2.29. The van der Waals surface area contributed by atoms with Gasteiger partial charge in [0.15, 0.2) is 11.5 Å². The number of nitrogens with zero attached hydrogens (tertiary/aromatic N) is 3. The Balaban J connectivity index is 1.96. The molecule has 0 atom stereocenters. The lowest BCUT2D eigenvalue weighted by atomic mass is 10.0.